The highest BCUT2D eigenvalue weighted by Gasteiger charge is 2.67. The molecule has 9 heteroatoms. The molecule has 5 unspecified atom stereocenters. The molecule has 2 bridgehead atoms. The van der Waals surface area contributed by atoms with Crippen molar-refractivity contribution in [1.82, 2.24) is 4.90 Å². The average Bonchev–Trinajstić information content (AvgIpc) is 3.17. The molecule has 2 fully saturated rings. The Bertz CT molecular complexity index is 754. The Balaban J connectivity index is 1.73. The van der Waals surface area contributed by atoms with Crippen molar-refractivity contribution in [2.45, 2.75) is 25.0 Å². The predicted molar refractivity (Wildman–Crippen MR) is 91.5 cm³/mol. The Kier molecular flexibility index (Phi) is 4.71. The lowest BCUT2D eigenvalue weighted by Crippen LogP contribution is -2.44. The quantitative estimate of drug-likeness (QED) is 0.227. The molecule has 0 aromatic heterocycles. The van der Waals surface area contributed by atoms with Crippen LogP contribution in [0.3, 0.4) is 0 Å². The van der Waals surface area contributed by atoms with Crippen molar-refractivity contribution < 1.29 is 33.3 Å². The monoisotopic (exact) mass is 383 g/mol. The van der Waals surface area contributed by atoms with Crippen LogP contribution in [0.15, 0.2) is 24.3 Å². The SMILES string of the molecule is C=C(C)C(=O)OCC12C=CC(O1)C1C(=O)N(CCCP(C)(=O)O)C(=O)C12. The summed E-state index contributed by atoms with van der Waals surface area (Å²) < 4.78 is 22.4. The molecule has 0 spiro atoms. The van der Waals surface area contributed by atoms with Crippen molar-refractivity contribution >= 4 is 25.2 Å². The van der Waals surface area contributed by atoms with Gasteiger partial charge in [0.25, 0.3) is 0 Å². The number of imide groups is 1. The Labute approximate surface area is 151 Å². The van der Waals surface area contributed by atoms with E-state index in [0.29, 0.717) is 0 Å². The molecule has 3 aliphatic rings. The molecule has 2 amide bonds. The number of hydrogen-bond donors (Lipinski definition) is 1. The van der Waals surface area contributed by atoms with Gasteiger partial charge in [-0.15, -0.1) is 0 Å². The van der Waals surface area contributed by atoms with Crippen LogP contribution in [0, 0.1) is 11.8 Å². The summed E-state index contributed by atoms with van der Waals surface area (Å²) in [7, 11) is -3.19. The Hall–Kier alpha value is -1.76. The van der Waals surface area contributed by atoms with E-state index < -0.39 is 36.9 Å². The number of nitrogens with zero attached hydrogens (tertiary/aromatic N) is 1. The number of amides is 2. The second kappa shape index (κ2) is 6.44. The number of esters is 1. The van der Waals surface area contributed by atoms with E-state index in [1.807, 2.05) is 0 Å². The minimum Gasteiger partial charge on any atom is -0.459 e. The fourth-order valence-electron chi connectivity index (χ4n) is 3.77. The fourth-order valence-corrected chi connectivity index (χ4v) is 4.50. The zero-order valence-corrected chi connectivity index (χ0v) is 15.6. The van der Waals surface area contributed by atoms with Gasteiger partial charge in [-0.3, -0.25) is 19.1 Å². The number of likely N-dealkylation sites (tertiary alicyclic amines) is 1. The summed E-state index contributed by atoms with van der Waals surface area (Å²) in [6.45, 7) is 6.21. The summed E-state index contributed by atoms with van der Waals surface area (Å²) in [5.41, 5.74) is -0.906. The molecule has 26 heavy (non-hydrogen) atoms. The standard InChI is InChI=1S/C17H22NO7P/c1-10(2)16(21)24-9-17-6-5-11(25-17)12-13(17)15(20)18(14(12)19)7-4-8-26(3,22)23/h5-6,11-13H,1,4,7-9H2,2-3H3,(H,22,23). The smallest absolute Gasteiger partial charge is 0.333 e. The zero-order chi connectivity index (χ0) is 19.3. The maximum Gasteiger partial charge on any atom is 0.333 e. The second-order valence-electron chi connectivity index (χ2n) is 7.21. The molecular weight excluding hydrogens is 361 g/mol. The number of rotatable bonds is 7. The van der Waals surface area contributed by atoms with Gasteiger partial charge in [-0.05, 0) is 19.4 Å². The number of carbonyl (C=O) groups excluding carboxylic acids is 3. The maximum atomic E-state index is 12.8. The van der Waals surface area contributed by atoms with Gasteiger partial charge in [0, 0.05) is 24.9 Å². The zero-order valence-electron chi connectivity index (χ0n) is 14.7. The van der Waals surface area contributed by atoms with E-state index in [-0.39, 0.29) is 43.1 Å². The maximum absolute atomic E-state index is 12.8. The van der Waals surface area contributed by atoms with Crippen LogP contribution >= 0.6 is 7.37 Å². The number of hydrogen-bond acceptors (Lipinski definition) is 6. The molecule has 0 saturated carbocycles. The summed E-state index contributed by atoms with van der Waals surface area (Å²) in [5, 5.41) is 0. The van der Waals surface area contributed by atoms with Gasteiger partial charge in [-0.1, -0.05) is 12.7 Å². The van der Waals surface area contributed by atoms with Gasteiger partial charge in [0.1, 0.15) is 12.2 Å². The summed E-state index contributed by atoms with van der Waals surface area (Å²) in [5.74, 6) is -2.70. The lowest BCUT2D eigenvalue weighted by atomic mass is 9.77. The van der Waals surface area contributed by atoms with Crippen LogP contribution in [-0.2, 0) is 28.4 Å². The van der Waals surface area contributed by atoms with Crippen molar-refractivity contribution in [3.63, 3.8) is 0 Å². The van der Waals surface area contributed by atoms with Crippen LogP contribution in [-0.4, -0.2) is 65.3 Å². The van der Waals surface area contributed by atoms with E-state index in [4.69, 9.17) is 9.47 Å². The average molecular weight is 383 g/mol. The van der Waals surface area contributed by atoms with Crippen molar-refractivity contribution in [3.8, 4) is 0 Å². The van der Waals surface area contributed by atoms with Gasteiger partial charge in [0.2, 0.25) is 11.8 Å². The van der Waals surface area contributed by atoms with Gasteiger partial charge in [-0.2, -0.15) is 0 Å². The fraction of sp³-hybridized carbons (Fsp3) is 0.588. The minimum absolute atomic E-state index is 0.0406. The number of ether oxygens (including phenoxy) is 2. The van der Waals surface area contributed by atoms with Gasteiger partial charge < -0.3 is 14.4 Å². The first-order chi connectivity index (χ1) is 12.1. The van der Waals surface area contributed by atoms with E-state index in [0.717, 1.165) is 4.90 Å². The molecule has 5 atom stereocenters. The molecule has 0 aromatic rings. The molecule has 2 saturated heterocycles. The van der Waals surface area contributed by atoms with Crippen molar-refractivity contribution in [1.29, 1.82) is 0 Å². The molecule has 3 rings (SSSR count). The Morgan fingerprint density at radius 2 is 2.15 bits per heavy atom. The third-order valence-electron chi connectivity index (χ3n) is 4.98. The predicted octanol–water partition coefficient (Wildman–Crippen LogP) is 0.705. The van der Waals surface area contributed by atoms with E-state index in [9.17, 15) is 23.8 Å². The Morgan fingerprint density at radius 1 is 1.46 bits per heavy atom. The van der Waals surface area contributed by atoms with E-state index >= 15 is 0 Å². The van der Waals surface area contributed by atoms with Gasteiger partial charge in [0.05, 0.1) is 17.9 Å². The third kappa shape index (κ3) is 3.17. The van der Waals surface area contributed by atoms with Crippen LogP contribution < -0.4 is 0 Å². The highest BCUT2D eigenvalue weighted by atomic mass is 31.2. The van der Waals surface area contributed by atoms with Crippen molar-refractivity contribution in [2.24, 2.45) is 11.8 Å². The summed E-state index contributed by atoms with van der Waals surface area (Å²) in [6, 6.07) is 0. The number of carbonyl (C=O) groups is 3. The largest absolute Gasteiger partial charge is 0.459 e. The first-order valence-corrected chi connectivity index (χ1v) is 10.7. The van der Waals surface area contributed by atoms with Gasteiger partial charge in [0.15, 0.2) is 7.37 Å². The Morgan fingerprint density at radius 3 is 2.77 bits per heavy atom. The summed E-state index contributed by atoms with van der Waals surface area (Å²) in [6.07, 6.45) is 3.18. The summed E-state index contributed by atoms with van der Waals surface area (Å²) >= 11 is 0. The highest BCUT2D eigenvalue weighted by molar-refractivity contribution is 7.57. The molecule has 8 nitrogen and oxygen atoms in total. The van der Waals surface area contributed by atoms with Crippen molar-refractivity contribution in [3.05, 3.63) is 24.3 Å². The first kappa shape index (κ1) is 19.0. The van der Waals surface area contributed by atoms with Crippen LogP contribution in [0.25, 0.3) is 0 Å². The van der Waals surface area contributed by atoms with Crippen LogP contribution in [0.5, 0.6) is 0 Å². The topological polar surface area (TPSA) is 110 Å². The lowest BCUT2D eigenvalue weighted by molar-refractivity contribution is -0.153. The molecule has 142 valence electrons. The van der Waals surface area contributed by atoms with Crippen LogP contribution in [0.4, 0.5) is 0 Å². The van der Waals surface area contributed by atoms with Gasteiger partial charge in [-0.25, -0.2) is 4.79 Å². The number of fused-ring (bicyclic) bond motifs is 5. The summed E-state index contributed by atoms with van der Waals surface area (Å²) in [4.78, 5) is 47.7. The van der Waals surface area contributed by atoms with Gasteiger partial charge >= 0.3 is 5.97 Å². The van der Waals surface area contributed by atoms with E-state index in [1.165, 1.54) is 13.6 Å². The molecular formula is C17H22NO7P. The normalized spacial score (nSPS) is 34.1. The highest BCUT2D eigenvalue weighted by Crippen LogP contribution is 2.52. The third-order valence-corrected chi connectivity index (χ3v) is 6.12. The molecule has 3 aliphatic heterocycles. The molecule has 3 heterocycles. The second-order valence-corrected chi connectivity index (χ2v) is 9.76. The van der Waals surface area contributed by atoms with Crippen LogP contribution in [0.2, 0.25) is 0 Å². The minimum atomic E-state index is -3.19. The molecule has 1 N–H and O–H groups in total. The first-order valence-electron chi connectivity index (χ1n) is 8.40. The molecule has 0 aliphatic carbocycles. The molecule has 0 radical (unpaired) electrons. The van der Waals surface area contributed by atoms with E-state index in [2.05, 4.69) is 6.58 Å². The molecule has 0 aromatic carbocycles. The van der Waals surface area contributed by atoms with Crippen LogP contribution in [0.1, 0.15) is 13.3 Å². The van der Waals surface area contributed by atoms with E-state index in [1.54, 1.807) is 12.2 Å². The lowest BCUT2D eigenvalue weighted by Gasteiger charge is -2.28. The van der Waals surface area contributed by atoms with Crippen molar-refractivity contribution in [2.75, 3.05) is 26.0 Å².